The van der Waals surface area contributed by atoms with Crippen molar-refractivity contribution in [3.63, 3.8) is 0 Å². The Hall–Kier alpha value is -2.98. The molecule has 156 valence electrons. The Morgan fingerprint density at radius 2 is 1.86 bits per heavy atom. The molecule has 2 rings (SSSR count). The van der Waals surface area contributed by atoms with Crippen LogP contribution in [0.3, 0.4) is 0 Å². The van der Waals surface area contributed by atoms with Gasteiger partial charge in [-0.2, -0.15) is 18.2 Å². The molecule has 0 spiro atoms. The van der Waals surface area contributed by atoms with Crippen LogP contribution in [0.5, 0.6) is 0 Å². The number of hydrogen-bond donors (Lipinski definition) is 5. The van der Waals surface area contributed by atoms with E-state index >= 15 is 0 Å². The fourth-order valence-corrected chi connectivity index (χ4v) is 2.37. The molecule has 12 heteroatoms. The molecular weight excluding hydrogens is 397 g/mol. The monoisotopic (exact) mass is 414 g/mol. The molecular formula is C17H17F3N4O5. The van der Waals surface area contributed by atoms with E-state index in [1.165, 1.54) is 12.1 Å². The van der Waals surface area contributed by atoms with Gasteiger partial charge in [0.05, 0.1) is 12.2 Å². The van der Waals surface area contributed by atoms with Gasteiger partial charge in [-0.3, -0.25) is 4.79 Å². The Bertz CT molecular complexity index is 891. The zero-order valence-corrected chi connectivity index (χ0v) is 14.7. The normalized spacial score (nSPS) is 25.4. The van der Waals surface area contributed by atoms with Crippen molar-refractivity contribution in [2.75, 3.05) is 6.61 Å². The Morgan fingerprint density at radius 3 is 2.41 bits per heavy atom. The number of primary amides is 1. The van der Waals surface area contributed by atoms with E-state index in [0.717, 1.165) is 12.1 Å². The standard InChI is InChI=1S/C17H17F3N4O5/c18-17(19,20)9-4-2-1-3-8(9)5-6-11(21)23-15(14(22)28)24-16-13(27)12(26)10(7-25)29-16/h1-4,10,12-13,16,25-27H,7H2,(H2,22,28)(H2,21,23,24)/t10-,12?,13?,16-/m1/s1. The molecule has 0 saturated carbocycles. The molecule has 1 aromatic rings. The summed E-state index contributed by atoms with van der Waals surface area (Å²) in [4.78, 5) is 18.7. The maximum absolute atomic E-state index is 13.0. The molecule has 1 fully saturated rings. The number of aliphatic imine (C=N–C) groups is 2. The molecule has 1 heterocycles. The molecule has 4 atom stereocenters. The predicted octanol–water partition coefficient (Wildman–Crippen LogP) is -1.26. The van der Waals surface area contributed by atoms with Crippen LogP contribution in [0.1, 0.15) is 11.1 Å². The SMILES string of the molecule is NC(=O)C(N=C(N)C#Cc1ccccc1C(F)(F)F)=N[C@@H]1O[C@H](CO)C(O)C1O. The lowest BCUT2D eigenvalue weighted by Gasteiger charge is -2.10. The minimum absolute atomic E-state index is 0.362. The van der Waals surface area contributed by atoms with Gasteiger partial charge in [-0.1, -0.05) is 18.1 Å². The Morgan fingerprint density at radius 1 is 1.21 bits per heavy atom. The van der Waals surface area contributed by atoms with Crippen LogP contribution >= 0.6 is 0 Å². The first kappa shape index (κ1) is 22.3. The van der Waals surface area contributed by atoms with Gasteiger partial charge >= 0.3 is 6.18 Å². The van der Waals surface area contributed by atoms with E-state index < -0.39 is 60.5 Å². The van der Waals surface area contributed by atoms with Crippen LogP contribution in [0.15, 0.2) is 34.3 Å². The van der Waals surface area contributed by atoms with Crippen molar-refractivity contribution >= 4 is 17.6 Å². The molecule has 29 heavy (non-hydrogen) atoms. The first-order chi connectivity index (χ1) is 13.5. The highest BCUT2D eigenvalue weighted by Crippen LogP contribution is 2.31. The zero-order valence-electron chi connectivity index (χ0n) is 14.7. The number of carbonyl (C=O) groups excluding carboxylic acids is 1. The van der Waals surface area contributed by atoms with Crippen LogP contribution in [0.25, 0.3) is 0 Å². The van der Waals surface area contributed by atoms with Crippen molar-refractivity contribution in [1.82, 2.24) is 0 Å². The van der Waals surface area contributed by atoms with Gasteiger partial charge in [0.15, 0.2) is 12.1 Å². The minimum Gasteiger partial charge on any atom is -0.394 e. The summed E-state index contributed by atoms with van der Waals surface area (Å²) in [5, 5.41) is 28.5. The number of hydrogen-bond acceptors (Lipinski definition) is 6. The van der Waals surface area contributed by atoms with Gasteiger partial charge in [-0.25, -0.2) is 4.99 Å². The number of alkyl halides is 3. The van der Waals surface area contributed by atoms with E-state index in [0.29, 0.717) is 0 Å². The largest absolute Gasteiger partial charge is 0.417 e. The van der Waals surface area contributed by atoms with Crippen molar-refractivity contribution in [3.8, 4) is 11.8 Å². The predicted molar refractivity (Wildman–Crippen MR) is 94.3 cm³/mol. The van der Waals surface area contributed by atoms with Crippen LogP contribution in [-0.2, 0) is 15.7 Å². The minimum atomic E-state index is -4.63. The third-order valence-electron chi connectivity index (χ3n) is 3.77. The first-order valence-corrected chi connectivity index (χ1v) is 8.07. The number of halogens is 3. The summed E-state index contributed by atoms with van der Waals surface area (Å²) >= 11 is 0. The van der Waals surface area contributed by atoms with Crippen LogP contribution in [0.4, 0.5) is 13.2 Å². The molecule has 0 bridgehead atoms. The topological polar surface area (TPSA) is 164 Å². The first-order valence-electron chi connectivity index (χ1n) is 8.07. The Labute approximate surface area is 162 Å². The summed E-state index contributed by atoms with van der Waals surface area (Å²) in [5.74, 6) is 1.85. The van der Waals surface area contributed by atoms with Gasteiger partial charge in [0, 0.05) is 5.56 Å². The second kappa shape index (κ2) is 9.01. The van der Waals surface area contributed by atoms with Crippen molar-refractivity contribution in [2.24, 2.45) is 21.5 Å². The Balaban J connectivity index is 2.30. The number of nitrogens with two attached hydrogens (primary N) is 2. The number of carbonyl (C=O) groups is 1. The molecule has 1 amide bonds. The molecule has 2 unspecified atom stereocenters. The quantitative estimate of drug-likeness (QED) is 0.230. The number of aliphatic hydroxyl groups is 3. The van der Waals surface area contributed by atoms with Gasteiger partial charge < -0.3 is 31.5 Å². The third kappa shape index (κ3) is 5.52. The average molecular weight is 414 g/mol. The molecule has 1 aromatic carbocycles. The maximum Gasteiger partial charge on any atom is 0.417 e. The number of amidine groups is 2. The van der Waals surface area contributed by atoms with Crippen LogP contribution in [0.2, 0.25) is 0 Å². The lowest BCUT2D eigenvalue weighted by Crippen LogP contribution is -2.34. The molecule has 9 nitrogen and oxygen atoms in total. The Kier molecular flexibility index (Phi) is 6.93. The second-order valence-corrected chi connectivity index (χ2v) is 5.84. The fraction of sp³-hybridized carbons (Fsp3) is 0.353. The summed E-state index contributed by atoms with van der Waals surface area (Å²) in [6, 6.07) is 4.52. The van der Waals surface area contributed by atoms with E-state index in [-0.39, 0.29) is 5.56 Å². The highest BCUT2D eigenvalue weighted by molar-refractivity contribution is 6.39. The van der Waals surface area contributed by atoms with Crippen LogP contribution < -0.4 is 11.5 Å². The molecule has 7 N–H and O–H groups in total. The third-order valence-corrected chi connectivity index (χ3v) is 3.77. The molecule has 1 aliphatic rings. The van der Waals surface area contributed by atoms with Crippen molar-refractivity contribution in [1.29, 1.82) is 0 Å². The van der Waals surface area contributed by atoms with E-state index in [1.807, 2.05) is 0 Å². The highest BCUT2D eigenvalue weighted by atomic mass is 19.4. The highest BCUT2D eigenvalue weighted by Gasteiger charge is 2.42. The second-order valence-electron chi connectivity index (χ2n) is 5.84. The molecule has 0 aromatic heterocycles. The summed E-state index contributed by atoms with van der Waals surface area (Å²) in [7, 11) is 0. The summed E-state index contributed by atoms with van der Waals surface area (Å²) < 4.78 is 43.9. The number of rotatable bonds is 2. The smallest absolute Gasteiger partial charge is 0.394 e. The van der Waals surface area contributed by atoms with Gasteiger partial charge in [0.1, 0.15) is 18.3 Å². The van der Waals surface area contributed by atoms with Gasteiger partial charge in [0.2, 0.25) is 5.84 Å². The number of aliphatic hydroxyl groups excluding tert-OH is 3. The van der Waals surface area contributed by atoms with Gasteiger partial charge in [-0.15, -0.1) is 0 Å². The number of nitrogens with zero attached hydrogens (tertiary/aromatic N) is 2. The number of ether oxygens (including phenoxy) is 1. The summed E-state index contributed by atoms with van der Waals surface area (Å²) in [5.41, 5.74) is 9.31. The number of benzene rings is 1. The summed E-state index contributed by atoms with van der Waals surface area (Å²) in [6.07, 6.45) is -10.3. The lowest BCUT2D eigenvalue weighted by molar-refractivity contribution is -0.137. The zero-order chi connectivity index (χ0) is 21.8. The van der Waals surface area contributed by atoms with E-state index in [9.17, 15) is 28.2 Å². The molecule has 1 aliphatic heterocycles. The van der Waals surface area contributed by atoms with E-state index in [2.05, 4.69) is 21.8 Å². The van der Waals surface area contributed by atoms with Crippen molar-refractivity contribution in [2.45, 2.75) is 30.7 Å². The van der Waals surface area contributed by atoms with E-state index in [1.54, 1.807) is 0 Å². The van der Waals surface area contributed by atoms with Crippen LogP contribution in [0, 0.1) is 11.8 Å². The average Bonchev–Trinajstić information content (AvgIpc) is 2.93. The molecule has 0 aliphatic carbocycles. The summed E-state index contributed by atoms with van der Waals surface area (Å²) in [6.45, 7) is -0.619. The fourth-order valence-electron chi connectivity index (χ4n) is 2.37. The van der Waals surface area contributed by atoms with Crippen molar-refractivity contribution < 1.29 is 38.0 Å². The lowest BCUT2D eigenvalue weighted by atomic mass is 10.1. The maximum atomic E-state index is 13.0. The van der Waals surface area contributed by atoms with E-state index in [4.69, 9.17) is 21.3 Å². The molecule has 1 saturated heterocycles. The van der Waals surface area contributed by atoms with Gasteiger partial charge in [-0.05, 0) is 18.1 Å². The molecule has 0 radical (unpaired) electrons. The van der Waals surface area contributed by atoms with Gasteiger partial charge in [0.25, 0.3) is 5.91 Å². The van der Waals surface area contributed by atoms with Crippen LogP contribution in [-0.4, -0.2) is 64.0 Å². The van der Waals surface area contributed by atoms with Crippen molar-refractivity contribution in [3.05, 3.63) is 35.4 Å². The number of amides is 1.